The first-order valence-electron chi connectivity index (χ1n) is 9.07. The number of carbonyl (C=O) groups excluding carboxylic acids is 1. The summed E-state index contributed by atoms with van der Waals surface area (Å²) in [5.41, 5.74) is 3.78. The molecule has 0 unspecified atom stereocenters. The van der Waals surface area contributed by atoms with Gasteiger partial charge in [-0.1, -0.05) is 41.9 Å². The molecule has 2 aliphatic heterocycles. The molecule has 0 spiro atoms. The Labute approximate surface area is 192 Å². The molecule has 0 saturated heterocycles. The Kier molecular flexibility index (Phi) is 5.85. The van der Waals surface area contributed by atoms with E-state index in [0.29, 0.717) is 15.2 Å². The van der Waals surface area contributed by atoms with Crippen molar-refractivity contribution in [3.63, 3.8) is 0 Å². The van der Waals surface area contributed by atoms with Gasteiger partial charge in [0.25, 0.3) is 5.91 Å². The molecule has 0 aliphatic carbocycles. The normalized spacial score (nSPS) is 17.5. The van der Waals surface area contributed by atoms with Crippen LogP contribution >= 0.6 is 46.7 Å². The highest BCUT2D eigenvalue weighted by Crippen LogP contribution is 2.33. The number of nitrogens with one attached hydrogen (secondary N) is 1. The summed E-state index contributed by atoms with van der Waals surface area (Å²) in [5, 5.41) is 15.7. The number of hydrogen-bond donors (Lipinski definition) is 1. The van der Waals surface area contributed by atoms with E-state index in [1.807, 2.05) is 37.5 Å². The van der Waals surface area contributed by atoms with Crippen molar-refractivity contribution in [2.75, 3.05) is 5.75 Å². The number of amides is 1. The van der Waals surface area contributed by atoms with Gasteiger partial charge in [-0.15, -0.1) is 5.10 Å². The van der Waals surface area contributed by atoms with Gasteiger partial charge < -0.3 is 4.57 Å². The van der Waals surface area contributed by atoms with Gasteiger partial charge in [0.15, 0.2) is 10.2 Å². The van der Waals surface area contributed by atoms with Crippen LogP contribution in [0.1, 0.15) is 23.9 Å². The number of hydrogen-bond acceptors (Lipinski definition) is 5. The lowest BCUT2D eigenvalue weighted by Crippen LogP contribution is -2.35. The molecule has 2 aliphatic rings. The second-order valence-corrected chi connectivity index (χ2v) is 9.86. The third kappa shape index (κ3) is 3.73. The number of benzene rings is 1. The number of aromatic nitrogens is 1. The van der Waals surface area contributed by atoms with Crippen molar-refractivity contribution in [1.29, 1.82) is 5.41 Å². The monoisotopic (exact) mass is 477 g/mol. The number of carbonyl (C=O) groups is 1. The second kappa shape index (κ2) is 8.26. The van der Waals surface area contributed by atoms with Gasteiger partial charge in [-0.05, 0) is 67.3 Å². The van der Waals surface area contributed by atoms with E-state index in [1.54, 1.807) is 30.0 Å². The van der Waals surface area contributed by atoms with E-state index in [4.69, 9.17) is 28.6 Å². The van der Waals surface area contributed by atoms with Crippen LogP contribution < -0.4 is 0 Å². The number of aliphatic imine (C=N–C) groups is 1. The topological polar surface area (TPSA) is 73.8 Å². The lowest BCUT2D eigenvalue weighted by Gasteiger charge is -2.20. The molecule has 1 aromatic heterocycles. The van der Waals surface area contributed by atoms with Crippen molar-refractivity contribution in [2.45, 2.75) is 20.8 Å². The first kappa shape index (κ1) is 21.2. The molecular formula is C20H17Cl2N5OS2. The zero-order valence-electron chi connectivity index (χ0n) is 16.4. The summed E-state index contributed by atoms with van der Waals surface area (Å²) in [5.74, 6) is 0.456. The molecule has 3 heterocycles. The molecular weight excluding hydrogens is 461 g/mol. The van der Waals surface area contributed by atoms with E-state index in [-0.39, 0.29) is 11.4 Å². The Morgan fingerprint density at radius 1 is 1.23 bits per heavy atom. The van der Waals surface area contributed by atoms with Crippen molar-refractivity contribution in [2.24, 2.45) is 10.1 Å². The summed E-state index contributed by atoms with van der Waals surface area (Å²) < 4.78 is 2.81. The minimum atomic E-state index is -0.434. The fourth-order valence-electron chi connectivity index (χ4n) is 3.27. The zero-order valence-corrected chi connectivity index (χ0v) is 19.5. The number of fused-ring (bicyclic) bond motifs is 1. The van der Waals surface area contributed by atoms with Crippen LogP contribution in [0.15, 0.2) is 39.9 Å². The number of halogens is 2. The van der Waals surface area contributed by atoms with E-state index in [0.717, 1.165) is 32.8 Å². The summed E-state index contributed by atoms with van der Waals surface area (Å²) in [4.78, 5) is 16.8. The zero-order chi connectivity index (χ0) is 21.6. The number of aryl methyl sites for hydroxylation is 1. The Balaban J connectivity index is 1.73. The molecule has 0 radical (unpaired) electrons. The van der Waals surface area contributed by atoms with Gasteiger partial charge in [0.05, 0.1) is 15.6 Å². The molecule has 1 aromatic carbocycles. The smallest absolute Gasteiger partial charge is 0.283 e. The van der Waals surface area contributed by atoms with Crippen molar-refractivity contribution in [3.8, 4) is 5.69 Å². The van der Waals surface area contributed by atoms with Crippen LogP contribution in [0.2, 0.25) is 10.0 Å². The third-order valence-corrected chi connectivity index (χ3v) is 7.30. The Hall–Kier alpha value is -2.00. The summed E-state index contributed by atoms with van der Waals surface area (Å²) in [6, 6.07) is 7.40. The quantitative estimate of drug-likeness (QED) is 0.572. The molecule has 30 heavy (non-hydrogen) atoms. The number of amidine groups is 2. The Morgan fingerprint density at radius 3 is 2.70 bits per heavy atom. The highest BCUT2D eigenvalue weighted by Gasteiger charge is 2.35. The van der Waals surface area contributed by atoms with Crippen molar-refractivity contribution < 1.29 is 4.79 Å². The summed E-state index contributed by atoms with van der Waals surface area (Å²) >= 11 is 15.1. The molecule has 154 valence electrons. The molecule has 0 bridgehead atoms. The van der Waals surface area contributed by atoms with Crippen LogP contribution in [0.3, 0.4) is 0 Å². The van der Waals surface area contributed by atoms with Crippen LogP contribution in [0.5, 0.6) is 0 Å². The number of hydrazone groups is 1. The van der Waals surface area contributed by atoms with Gasteiger partial charge in [0.1, 0.15) is 0 Å². The van der Waals surface area contributed by atoms with Gasteiger partial charge in [-0.25, -0.2) is 0 Å². The minimum Gasteiger partial charge on any atom is -0.318 e. The van der Waals surface area contributed by atoms with Gasteiger partial charge in [0.2, 0.25) is 5.17 Å². The number of rotatable bonds is 3. The number of nitrogens with zero attached hydrogens (tertiary/aromatic N) is 4. The van der Waals surface area contributed by atoms with Crippen LogP contribution in [-0.4, -0.2) is 36.6 Å². The highest BCUT2D eigenvalue weighted by molar-refractivity contribution is 8.45. The fourth-order valence-corrected chi connectivity index (χ4v) is 5.38. The first-order valence-corrected chi connectivity index (χ1v) is 11.6. The average molecular weight is 478 g/mol. The highest BCUT2D eigenvalue weighted by atomic mass is 35.5. The van der Waals surface area contributed by atoms with Crippen LogP contribution in [0.4, 0.5) is 0 Å². The molecule has 6 nitrogen and oxygen atoms in total. The van der Waals surface area contributed by atoms with Crippen LogP contribution in [0.25, 0.3) is 11.8 Å². The molecule has 1 amide bonds. The second-order valence-electron chi connectivity index (χ2n) is 6.58. The molecule has 0 atom stereocenters. The van der Waals surface area contributed by atoms with Crippen LogP contribution in [-0.2, 0) is 4.79 Å². The minimum absolute atomic E-state index is 0.0311. The molecule has 1 N–H and O–H groups in total. The predicted octanol–water partition coefficient (Wildman–Crippen LogP) is 5.73. The lowest BCUT2D eigenvalue weighted by atomic mass is 10.1. The summed E-state index contributed by atoms with van der Waals surface area (Å²) in [6.45, 7) is 5.95. The van der Waals surface area contributed by atoms with Crippen molar-refractivity contribution >= 4 is 74.1 Å². The number of thioether (sulfide) groups is 2. The van der Waals surface area contributed by atoms with Crippen LogP contribution in [0, 0.1) is 19.3 Å². The fraction of sp³-hybridized carbons (Fsp3) is 0.200. The van der Waals surface area contributed by atoms with Crippen molar-refractivity contribution in [1.82, 2.24) is 9.58 Å². The Bertz CT molecular complexity index is 1180. The molecule has 4 rings (SSSR count). The maximum absolute atomic E-state index is 12.6. The van der Waals surface area contributed by atoms with Gasteiger partial charge in [-0.3, -0.25) is 10.2 Å². The van der Waals surface area contributed by atoms with Gasteiger partial charge in [-0.2, -0.15) is 10.0 Å². The summed E-state index contributed by atoms with van der Waals surface area (Å²) in [6.07, 6.45) is 1.70. The summed E-state index contributed by atoms with van der Waals surface area (Å²) in [7, 11) is 0. The average Bonchev–Trinajstić information content (AvgIpc) is 3.21. The maximum atomic E-state index is 12.6. The van der Waals surface area contributed by atoms with Gasteiger partial charge in [0, 0.05) is 17.1 Å². The van der Waals surface area contributed by atoms with E-state index in [9.17, 15) is 4.79 Å². The largest absolute Gasteiger partial charge is 0.318 e. The van der Waals surface area contributed by atoms with E-state index >= 15 is 0 Å². The lowest BCUT2D eigenvalue weighted by molar-refractivity contribution is -0.114. The molecule has 0 saturated carbocycles. The van der Waals surface area contributed by atoms with E-state index < -0.39 is 5.91 Å². The molecule has 0 fully saturated rings. The standard InChI is InChI=1S/C20H17Cl2N5OS2/c1-4-29-20-25-27-17(23)14(18(28)24-19(27)30-20)8-12-7-10(2)26(11(12)3)13-5-6-15(21)16(22)9-13/h5-9,23H,4H2,1-3H3/b14-8-,23-17?. The molecule has 2 aromatic rings. The SMILES string of the molecule is CCSC1=NN2C(=N)/C(=C/c3cc(C)n(-c4ccc(Cl)c(Cl)c4)c3C)C(=O)N=C2S1. The first-order chi connectivity index (χ1) is 14.3. The predicted molar refractivity (Wildman–Crippen MR) is 128 cm³/mol. The third-order valence-electron chi connectivity index (χ3n) is 4.64. The Morgan fingerprint density at radius 2 is 2.00 bits per heavy atom. The maximum Gasteiger partial charge on any atom is 0.283 e. The van der Waals surface area contributed by atoms with Gasteiger partial charge >= 0.3 is 0 Å². The van der Waals surface area contributed by atoms with E-state index in [1.165, 1.54) is 16.8 Å². The molecule has 10 heteroatoms. The van der Waals surface area contributed by atoms with E-state index in [2.05, 4.69) is 10.1 Å². The van der Waals surface area contributed by atoms with Crippen molar-refractivity contribution in [3.05, 3.63) is 56.8 Å².